The lowest BCUT2D eigenvalue weighted by molar-refractivity contribution is 0.475. The van der Waals surface area contributed by atoms with Crippen molar-refractivity contribution in [1.29, 1.82) is 0 Å². The van der Waals surface area contributed by atoms with Crippen LogP contribution in [-0.2, 0) is 0 Å². The van der Waals surface area contributed by atoms with E-state index < -0.39 is 0 Å². The number of hydrogen-bond donors (Lipinski definition) is 1. The predicted octanol–water partition coefficient (Wildman–Crippen LogP) is 4.32. The zero-order valence-electron chi connectivity index (χ0n) is 11.6. The zero-order chi connectivity index (χ0) is 15.1. The normalized spacial score (nSPS) is 11.1. The van der Waals surface area contributed by atoms with E-state index in [1.807, 2.05) is 36.4 Å². The van der Waals surface area contributed by atoms with E-state index in [0.717, 1.165) is 16.3 Å². The highest BCUT2D eigenvalue weighted by atomic mass is 16.3. The van der Waals surface area contributed by atoms with Gasteiger partial charge in [0.2, 0.25) is 0 Å². The Kier molecular flexibility index (Phi) is 2.73. The summed E-state index contributed by atoms with van der Waals surface area (Å²) in [5.41, 5.74) is 1.25. The predicted molar refractivity (Wildman–Crippen MR) is 87.1 cm³/mol. The molecule has 0 spiro atoms. The fourth-order valence-electron chi connectivity index (χ4n) is 2.70. The van der Waals surface area contributed by atoms with Gasteiger partial charge < -0.3 is 9.52 Å². The molecule has 0 radical (unpaired) electrons. The van der Waals surface area contributed by atoms with Crippen LogP contribution < -0.4 is 5.43 Å². The molecule has 0 bridgehead atoms. The van der Waals surface area contributed by atoms with Crippen LogP contribution in [0.3, 0.4) is 0 Å². The number of hydrogen-bond acceptors (Lipinski definition) is 3. The highest BCUT2D eigenvalue weighted by molar-refractivity contribution is 6.05. The first-order valence-corrected chi connectivity index (χ1v) is 6.97. The van der Waals surface area contributed by atoms with Crippen LogP contribution in [0.2, 0.25) is 0 Å². The molecule has 0 unspecified atom stereocenters. The van der Waals surface area contributed by atoms with Crippen LogP contribution in [0.15, 0.2) is 75.9 Å². The summed E-state index contributed by atoms with van der Waals surface area (Å²) in [6.45, 7) is 0. The third kappa shape index (κ3) is 1.95. The van der Waals surface area contributed by atoms with Gasteiger partial charge in [0, 0.05) is 11.6 Å². The SMILES string of the molecule is O=c1cc(-c2ccc(O)cc2)oc2ccc3ccccc3c12. The van der Waals surface area contributed by atoms with Gasteiger partial charge in [-0.25, -0.2) is 0 Å². The Morgan fingerprint density at radius 3 is 2.45 bits per heavy atom. The van der Waals surface area contributed by atoms with Crippen LogP contribution in [0, 0.1) is 0 Å². The molecule has 0 aliphatic heterocycles. The highest BCUT2D eigenvalue weighted by Crippen LogP contribution is 2.27. The molecule has 3 aromatic carbocycles. The summed E-state index contributed by atoms with van der Waals surface area (Å²) in [4.78, 5) is 12.5. The molecule has 22 heavy (non-hydrogen) atoms. The lowest BCUT2D eigenvalue weighted by atomic mass is 10.0. The molecule has 3 nitrogen and oxygen atoms in total. The van der Waals surface area contributed by atoms with Gasteiger partial charge in [0.05, 0.1) is 5.39 Å². The molecule has 106 valence electrons. The van der Waals surface area contributed by atoms with Crippen LogP contribution in [0.25, 0.3) is 33.1 Å². The minimum absolute atomic E-state index is 0.0684. The standard InChI is InChI=1S/C19H12O3/c20-14-8-5-13(6-9-14)18-11-16(21)19-15-4-2-1-3-12(15)7-10-17(19)22-18/h1-11,20H. The minimum atomic E-state index is -0.0684. The average molecular weight is 288 g/mol. The third-order valence-electron chi connectivity index (χ3n) is 3.77. The molecule has 0 atom stereocenters. The Labute approximate surface area is 126 Å². The molecule has 0 aliphatic rings. The highest BCUT2D eigenvalue weighted by Gasteiger charge is 2.09. The van der Waals surface area contributed by atoms with E-state index in [1.54, 1.807) is 24.3 Å². The van der Waals surface area contributed by atoms with Crippen molar-refractivity contribution in [2.45, 2.75) is 0 Å². The molecule has 0 amide bonds. The van der Waals surface area contributed by atoms with Crippen molar-refractivity contribution < 1.29 is 9.52 Å². The molecule has 0 saturated heterocycles. The molecule has 1 heterocycles. The van der Waals surface area contributed by atoms with E-state index >= 15 is 0 Å². The fraction of sp³-hybridized carbons (Fsp3) is 0. The van der Waals surface area contributed by atoms with Gasteiger partial charge in [-0.3, -0.25) is 4.79 Å². The number of phenols is 1. The minimum Gasteiger partial charge on any atom is -0.508 e. The summed E-state index contributed by atoms with van der Waals surface area (Å²) in [7, 11) is 0. The summed E-state index contributed by atoms with van der Waals surface area (Å²) < 4.78 is 5.90. The van der Waals surface area contributed by atoms with Gasteiger partial charge in [-0.05, 0) is 41.1 Å². The van der Waals surface area contributed by atoms with Gasteiger partial charge in [0.1, 0.15) is 17.1 Å². The maximum absolute atomic E-state index is 12.5. The van der Waals surface area contributed by atoms with Crippen molar-refractivity contribution in [3.63, 3.8) is 0 Å². The van der Waals surface area contributed by atoms with Gasteiger partial charge in [-0.1, -0.05) is 30.3 Å². The molecule has 4 rings (SSSR count). The van der Waals surface area contributed by atoms with Crippen LogP contribution in [0.1, 0.15) is 0 Å². The topological polar surface area (TPSA) is 50.4 Å². The second kappa shape index (κ2) is 4.74. The van der Waals surface area contributed by atoms with Crippen molar-refractivity contribution >= 4 is 21.7 Å². The monoisotopic (exact) mass is 288 g/mol. The van der Waals surface area contributed by atoms with E-state index in [1.165, 1.54) is 6.07 Å². The first-order chi connectivity index (χ1) is 10.7. The second-order valence-electron chi connectivity index (χ2n) is 5.18. The van der Waals surface area contributed by atoms with Crippen molar-refractivity contribution in [1.82, 2.24) is 0 Å². The summed E-state index contributed by atoms with van der Waals surface area (Å²) in [6, 6.07) is 19.6. The Bertz CT molecular complexity index is 1040. The summed E-state index contributed by atoms with van der Waals surface area (Å²) in [5, 5.41) is 11.9. The third-order valence-corrected chi connectivity index (χ3v) is 3.77. The van der Waals surface area contributed by atoms with Gasteiger partial charge in [-0.15, -0.1) is 0 Å². The summed E-state index contributed by atoms with van der Waals surface area (Å²) in [6.07, 6.45) is 0. The number of phenolic OH excluding ortho intramolecular Hbond substituents is 1. The van der Waals surface area contributed by atoms with Crippen LogP contribution in [0.5, 0.6) is 5.75 Å². The second-order valence-corrected chi connectivity index (χ2v) is 5.18. The number of benzene rings is 3. The molecular formula is C19H12O3. The smallest absolute Gasteiger partial charge is 0.193 e. The molecule has 0 aliphatic carbocycles. The van der Waals surface area contributed by atoms with Crippen LogP contribution >= 0.6 is 0 Å². The molecule has 1 aromatic heterocycles. The quantitative estimate of drug-likeness (QED) is 0.531. The van der Waals surface area contributed by atoms with Gasteiger partial charge in [0.15, 0.2) is 5.43 Å². The average Bonchev–Trinajstić information content (AvgIpc) is 2.55. The maximum atomic E-state index is 12.5. The van der Waals surface area contributed by atoms with Crippen LogP contribution in [-0.4, -0.2) is 5.11 Å². The first-order valence-electron chi connectivity index (χ1n) is 6.97. The largest absolute Gasteiger partial charge is 0.508 e. The Morgan fingerprint density at radius 1 is 0.864 bits per heavy atom. The van der Waals surface area contributed by atoms with E-state index in [0.29, 0.717) is 16.7 Å². The lowest BCUT2D eigenvalue weighted by Gasteiger charge is -2.06. The van der Waals surface area contributed by atoms with Gasteiger partial charge in [0.25, 0.3) is 0 Å². The fourth-order valence-corrected chi connectivity index (χ4v) is 2.70. The molecule has 3 heteroatoms. The zero-order valence-corrected chi connectivity index (χ0v) is 11.6. The lowest BCUT2D eigenvalue weighted by Crippen LogP contribution is -2.01. The van der Waals surface area contributed by atoms with Crippen molar-refractivity contribution in [2.24, 2.45) is 0 Å². The van der Waals surface area contributed by atoms with Crippen molar-refractivity contribution in [2.75, 3.05) is 0 Å². The Balaban J connectivity index is 2.03. The number of rotatable bonds is 1. The molecule has 4 aromatic rings. The maximum Gasteiger partial charge on any atom is 0.193 e. The number of fused-ring (bicyclic) bond motifs is 3. The van der Waals surface area contributed by atoms with Crippen molar-refractivity contribution in [3.05, 3.63) is 77.0 Å². The molecule has 1 N–H and O–H groups in total. The summed E-state index contributed by atoms with van der Waals surface area (Å²) in [5.74, 6) is 0.672. The van der Waals surface area contributed by atoms with Crippen LogP contribution in [0.4, 0.5) is 0 Å². The molecular weight excluding hydrogens is 276 g/mol. The van der Waals surface area contributed by atoms with Gasteiger partial charge in [-0.2, -0.15) is 0 Å². The van der Waals surface area contributed by atoms with Gasteiger partial charge >= 0.3 is 0 Å². The van der Waals surface area contributed by atoms with E-state index in [9.17, 15) is 9.90 Å². The van der Waals surface area contributed by atoms with E-state index in [-0.39, 0.29) is 11.2 Å². The first kappa shape index (κ1) is 12.7. The number of aromatic hydroxyl groups is 1. The Morgan fingerprint density at radius 2 is 1.64 bits per heavy atom. The van der Waals surface area contributed by atoms with Crippen molar-refractivity contribution in [3.8, 4) is 17.1 Å². The van der Waals surface area contributed by atoms with E-state index in [2.05, 4.69) is 0 Å². The Hall–Kier alpha value is -3.07. The van der Waals surface area contributed by atoms with E-state index in [4.69, 9.17) is 4.42 Å². The molecule has 0 saturated carbocycles. The summed E-state index contributed by atoms with van der Waals surface area (Å²) >= 11 is 0. The molecule has 0 fully saturated rings.